The molecule has 9 heteroatoms. The number of sulfonamides is 1. The smallest absolute Gasteiger partial charge is 0.338 e. The number of primary sulfonamides is 1. The number of nitrogens with zero attached hydrogens (tertiary/aromatic N) is 1. The van der Waals surface area contributed by atoms with E-state index >= 15 is 0 Å². The van der Waals surface area contributed by atoms with Gasteiger partial charge in [0.15, 0.2) is 6.10 Å². The second kappa shape index (κ2) is 7.51. The van der Waals surface area contributed by atoms with E-state index in [0.717, 1.165) is 0 Å². The standard InChI is InChI=1S/C16H22N2O6S/c1-10-8-18(9-11(2)23-10)15(19)12(3)24-16(20)13-4-6-14(7-5-13)25(17,21)22/h4-7,10-12H,8-9H2,1-3H3,(H2,17,21,22). The zero-order valence-corrected chi connectivity index (χ0v) is 15.2. The number of nitrogens with two attached hydrogens (primary N) is 1. The molecule has 138 valence electrons. The maximum absolute atomic E-state index is 12.4. The molecule has 1 amide bonds. The minimum absolute atomic E-state index is 0.0821. The average Bonchev–Trinajstić information content (AvgIpc) is 2.52. The van der Waals surface area contributed by atoms with E-state index in [4.69, 9.17) is 14.6 Å². The van der Waals surface area contributed by atoms with Crippen molar-refractivity contribution in [3.63, 3.8) is 0 Å². The Balaban J connectivity index is 2.00. The molecule has 2 N–H and O–H groups in total. The van der Waals surface area contributed by atoms with Crippen molar-refractivity contribution < 1.29 is 27.5 Å². The fraction of sp³-hybridized carbons (Fsp3) is 0.500. The lowest BCUT2D eigenvalue weighted by Gasteiger charge is -2.36. The summed E-state index contributed by atoms with van der Waals surface area (Å²) in [6, 6.07) is 5.00. The molecule has 1 saturated heterocycles. The zero-order valence-electron chi connectivity index (χ0n) is 14.3. The maximum atomic E-state index is 12.4. The van der Waals surface area contributed by atoms with Crippen LogP contribution in [0.5, 0.6) is 0 Å². The molecule has 0 spiro atoms. The van der Waals surface area contributed by atoms with Crippen molar-refractivity contribution >= 4 is 21.9 Å². The monoisotopic (exact) mass is 370 g/mol. The molecule has 1 aromatic carbocycles. The summed E-state index contributed by atoms with van der Waals surface area (Å²) in [7, 11) is -3.83. The van der Waals surface area contributed by atoms with Crippen LogP contribution in [0.3, 0.4) is 0 Å². The summed E-state index contributed by atoms with van der Waals surface area (Å²) in [6.45, 7) is 6.13. The first-order chi connectivity index (χ1) is 11.6. The number of ether oxygens (including phenoxy) is 2. The molecule has 0 radical (unpaired) electrons. The van der Waals surface area contributed by atoms with E-state index in [1.165, 1.54) is 31.2 Å². The van der Waals surface area contributed by atoms with Crippen LogP contribution in [-0.2, 0) is 24.3 Å². The number of amides is 1. The van der Waals surface area contributed by atoms with Crippen LogP contribution >= 0.6 is 0 Å². The second-order valence-corrected chi connectivity index (χ2v) is 7.68. The zero-order chi connectivity index (χ0) is 18.8. The Hall–Kier alpha value is -1.97. The lowest BCUT2D eigenvalue weighted by Crippen LogP contribution is -2.51. The van der Waals surface area contributed by atoms with Crippen LogP contribution in [0.4, 0.5) is 0 Å². The van der Waals surface area contributed by atoms with E-state index in [-0.39, 0.29) is 28.6 Å². The first-order valence-corrected chi connectivity index (χ1v) is 9.40. The third-order valence-corrected chi connectivity index (χ3v) is 4.71. The van der Waals surface area contributed by atoms with Gasteiger partial charge in [-0.1, -0.05) is 0 Å². The predicted octanol–water partition coefficient (Wildman–Crippen LogP) is 0.515. The number of carbonyl (C=O) groups is 2. The second-order valence-electron chi connectivity index (χ2n) is 6.12. The predicted molar refractivity (Wildman–Crippen MR) is 89.3 cm³/mol. The van der Waals surface area contributed by atoms with Gasteiger partial charge >= 0.3 is 5.97 Å². The molecule has 1 aliphatic heterocycles. The van der Waals surface area contributed by atoms with Crippen molar-refractivity contribution in [2.45, 2.75) is 44.0 Å². The van der Waals surface area contributed by atoms with E-state index in [2.05, 4.69) is 0 Å². The lowest BCUT2D eigenvalue weighted by molar-refractivity contribution is -0.151. The SMILES string of the molecule is CC1CN(C(=O)C(C)OC(=O)c2ccc(S(N)(=O)=O)cc2)CC(C)O1. The molecule has 3 unspecified atom stereocenters. The first-order valence-electron chi connectivity index (χ1n) is 7.86. The number of carbonyl (C=O) groups excluding carboxylic acids is 2. The van der Waals surface area contributed by atoms with Crippen LogP contribution in [0.2, 0.25) is 0 Å². The van der Waals surface area contributed by atoms with Gasteiger partial charge in [-0.2, -0.15) is 0 Å². The molecule has 0 aliphatic carbocycles. The summed E-state index contributed by atoms with van der Waals surface area (Å²) in [4.78, 5) is 26.1. The summed E-state index contributed by atoms with van der Waals surface area (Å²) in [5.41, 5.74) is 0.135. The van der Waals surface area contributed by atoms with Crippen molar-refractivity contribution in [3.05, 3.63) is 29.8 Å². The quantitative estimate of drug-likeness (QED) is 0.772. The molecular weight excluding hydrogens is 348 g/mol. The van der Waals surface area contributed by atoms with Gasteiger partial charge in [0.25, 0.3) is 5.91 Å². The van der Waals surface area contributed by atoms with Gasteiger partial charge in [0.05, 0.1) is 22.7 Å². The van der Waals surface area contributed by atoms with E-state index in [1.54, 1.807) is 4.90 Å². The molecule has 0 saturated carbocycles. The third kappa shape index (κ3) is 5.00. The Morgan fingerprint density at radius 2 is 1.72 bits per heavy atom. The Morgan fingerprint density at radius 3 is 2.20 bits per heavy atom. The molecule has 0 bridgehead atoms. The van der Waals surface area contributed by atoms with E-state index in [1.807, 2.05) is 13.8 Å². The molecule has 2 rings (SSSR count). The van der Waals surface area contributed by atoms with Crippen molar-refractivity contribution in [1.82, 2.24) is 4.90 Å². The highest BCUT2D eigenvalue weighted by molar-refractivity contribution is 7.89. The number of benzene rings is 1. The summed E-state index contributed by atoms with van der Waals surface area (Å²) in [6.07, 6.45) is -1.12. The largest absolute Gasteiger partial charge is 0.449 e. The molecule has 8 nitrogen and oxygen atoms in total. The Labute approximate surface area is 146 Å². The van der Waals surface area contributed by atoms with Gasteiger partial charge in [0, 0.05) is 13.1 Å². The highest BCUT2D eigenvalue weighted by Crippen LogP contribution is 2.14. The van der Waals surface area contributed by atoms with Gasteiger partial charge in [-0.3, -0.25) is 4.79 Å². The maximum Gasteiger partial charge on any atom is 0.338 e. The van der Waals surface area contributed by atoms with Crippen LogP contribution < -0.4 is 5.14 Å². The summed E-state index contributed by atoms with van der Waals surface area (Å²) < 4.78 is 33.2. The lowest BCUT2D eigenvalue weighted by atomic mass is 10.2. The first kappa shape index (κ1) is 19.4. The third-order valence-electron chi connectivity index (χ3n) is 3.78. The Morgan fingerprint density at radius 1 is 1.20 bits per heavy atom. The topological polar surface area (TPSA) is 116 Å². The van der Waals surface area contributed by atoms with Gasteiger partial charge in [-0.25, -0.2) is 18.4 Å². The minimum atomic E-state index is -3.83. The number of morpholine rings is 1. The van der Waals surface area contributed by atoms with Crippen LogP contribution in [0.15, 0.2) is 29.2 Å². The van der Waals surface area contributed by atoms with Crippen LogP contribution in [-0.4, -0.2) is 56.6 Å². The molecule has 1 fully saturated rings. The van der Waals surface area contributed by atoms with E-state index < -0.39 is 22.1 Å². The minimum Gasteiger partial charge on any atom is -0.449 e. The highest BCUT2D eigenvalue weighted by atomic mass is 32.2. The summed E-state index contributed by atoms with van der Waals surface area (Å²) in [5.74, 6) is -1.01. The molecule has 1 heterocycles. The van der Waals surface area contributed by atoms with Gasteiger partial charge in [-0.15, -0.1) is 0 Å². The number of hydrogen-bond acceptors (Lipinski definition) is 6. The summed E-state index contributed by atoms with van der Waals surface area (Å²) in [5, 5.41) is 5.00. The van der Waals surface area contributed by atoms with Gasteiger partial charge in [0.1, 0.15) is 0 Å². The molecule has 3 atom stereocenters. The van der Waals surface area contributed by atoms with Gasteiger partial charge < -0.3 is 14.4 Å². The molecule has 1 aliphatic rings. The number of hydrogen-bond donors (Lipinski definition) is 1. The van der Waals surface area contributed by atoms with Gasteiger partial charge in [0.2, 0.25) is 10.0 Å². The summed E-state index contributed by atoms with van der Waals surface area (Å²) >= 11 is 0. The van der Waals surface area contributed by atoms with Crippen LogP contribution in [0.25, 0.3) is 0 Å². The van der Waals surface area contributed by atoms with Crippen LogP contribution in [0, 0.1) is 0 Å². The highest BCUT2D eigenvalue weighted by Gasteiger charge is 2.30. The number of esters is 1. The van der Waals surface area contributed by atoms with Crippen molar-refractivity contribution in [2.75, 3.05) is 13.1 Å². The number of rotatable bonds is 4. The molecule has 1 aromatic rings. The Bertz CT molecular complexity index is 736. The van der Waals surface area contributed by atoms with Crippen molar-refractivity contribution in [3.8, 4) is 0 Å². The Kier molecular flexibility index (Phi) is 5.81. The van der Waals surface area contributed by atoms with Crippen LogP contribution in [0.1, 0.15) is 31.1 Å². The average molecular weight is 370 g/mol. The van der Waals surface area contributed by atoms with Crippen molar-refractivity contribution in [1.29, 1.82) is 0 Å². The fourth-order valence-electron chi connectivity index (χ4n) is 2.67. The van der Waals surface area contributed by atoms with E-state index in [0.29, 0.717) is 13.1 Å². The molecular formula is C16H22N2O6S. The van der Waals surface area contributed by atoms with Gasteiger partial charge in [-0.05, 0) is 45.0 Å². The molecule has 0 aromatic heterocycles. The molecule has 25 heavy (non-hydrogen) atoms. The fourth-order valence-corrected chi connectivity index (χ4v) is 3.19. The normalized spacial score (nSPS) is 22.3. The van der Waals surface area contributed by atoms with E-state index in [9.17, 15) is 18.0 Å². The van der Waals surface area contributed by atoms with Crippen molar-refractivity contribution in [2.24, 2.45) is 5.14 Å².